The molecule has 1 aromatic heterocycles. The Morgan fingerprint density at radius 2 is 2.00 bits per heavy atom. The number of hydrogen-bond donors (Lipinski definition) is 1. The number of aromatic hydroxyl groups is 1. The van der Waals surface area contributed by atoms with E-state index < -0.39 is 34.5 Å². The van der Waals surface area contributed by atoms with Crippen molar-refractivity contribution in [2.45, 2.75) is 19.3 Å². The van der Waals surface area contributed by atoms with Crippen LogP contribution in [0.3, 0.4) is 0 Å². The zero-order chi connectivity index (χ0) is 22.7. The average Bonchev–Trinajstić information content (AvgIpc) is 2.72. The van der Waals surface area contributed by atoms with E-state index in [0.717, 1.165) is 12.1 Å². The summed E-state index contributed by atoms with van der Waals surface area (Å²) in [6.07, 6.45) is 1.52. The highest BCUT2D eigenvalue weighted by Gasteiger charge is 2.32. The maximum absolute atomic E-state index is 13.8. The Kier molecular flexibility index (Phi) is 6.69. The number of ether oxygens (including phenoxy) is 1. The predicted octanol–water partition coefficient (Wildman–Crippen LogP) is 1.67. The summed E-state index contributed by atoms with van der Waals surface area (Å²) in [5.41, 5.74) is -1.36. The van der Waals surface area contributed by atoms with Gasteiger partial charge in [-0.3, -0.25) is 24.1 Å². The second-order valence-corrected chi connectivity index (χ2v) is 7.29. The van der Waals surface area contributed by atoms with Crippen LogP contribution in [0.15, 0.2) is 29.2 Å². The highest BCUT2D eigenvalue weighted by atomic mass is 19.1. The number of hydrogen-bond acceptors (Lipinski definition) is 6. The molecule has 10 heteroatoms. The first-order chi connectivity index (χ1) is 14.7. The maximum atomic E-state index is 13.8. The summed E-state index contributed by atoms with van der Waals surface area (Å²) >= 11 is 0. The van der Waals surface area contributed by atoms with Crippen molar-refractivity contribution in [3.8, 4) is 5.75 Å². The van der Waals surface area contributed by atoms with Crippen LogP contribution in [-0.4, -0.2) is 60.4 Å². The minimum absolute atomic E-state index is 0.0467. The number of rotatable bonds is 8. The first kappa shape index (κ1) is 22.4. The lowest BCUT2D eigenvalue weighted by atomic mass is 10.0. The molecule has 0 aliphatic carbocycles. The topological polar surface area (TPSA) is 92.1 Å². The van der Waals surface area contributed by atoms with Crippen molar-refractivity contribution >= 4 is 11.7 Å². The van der Waals surface area contributed by atoms with Crippen molar-refractivity contribution < 1.29 is 28.2 Å². The van der Waals surface area contributed by atoms with Gasteiger partial charge in [0.25, 0.3) is 5.91 Å². The van der Waals surface area contributed by atoms with Gasteiger partial charge in [-0.2, -0.15) is 0 Å². The number of methoxy groups -OCH3 is 1. The molecular formula is C21H23F2N3O5. The van der Waals surface area contributed by atoms with Crippen molar-refractivity contribution in [1.82, 2.24) is 9.58 Å². The molecule has 8 nitrogen and oxygen atoms in total. The van der Waals surface area contributed by atoms with E-state index in [4.69, 9.17) is 4.74 Å². The Bertz CT molecular complexity index is 1070. The summed E-state index contributed by atoms with van der Waals surface area (Å²) in [5, 5.41) is 12.0. The minimum Gasteiger partial charge on any atom is -0.502 e. The molecule has 0 saturated heterocycles. The SMILES string of the molecule is COCCCN1CN(C)n2cc(C(=O)CCc3ccc(F)cc3F)c(=O)c(O)c2C1=O. The van der Waals surface area contributed by atoms with E-state index in [2.05, 4.69) is 0 Å². The summed E-state index contributed by atoms with van der Waals surface area (Å²) in [6.45, 7) is 1.01. The molecule has 3 rings (SSSR count). The molecule has 1 N–H and O–H groups in total. The summed E-state index contributed by atoms with van der Waals surface area (Å²) < 4.78 is 33.1. The van der Waals surface area contributed by atoms with Crippen LogP contribution in [0.2, 0.25) is 0 Å². The van der Waals surface area contributed by atoms with E-state index in [-0.39, 0.29) is 36.3 Å². The highest BCUT2D eigenvalue weighted by Crippen LogP contribution is 2.22. The van der Waals surface area contributed by atoms with Crippen molar-refractivity contribution in [1.29, 1.82) is 0 Å². The summed E-state index contributed by atoms with van der Waals surface area (Å²) in [7, 11) is 3.19. The number of aryl methyl sites for hydroxylation is 1. The zero-order valence-electron chi connectivity index (χ0n) is 17.2. The van der Waals surface area contributed by atoms with Gasteiger partial charge in [0.1, 0.15) is 18.3 Å². The summed E-state index contributed by atoms with van der Waals surface area (Å²) in [4.78, 5) is 39.5. The van der Waals surface area contributed by atoms with Gasteiger partial charge in [0.05, 0.1) is 5.56 Å². The van der Waals surface area contributed by atoms with Crippen LogP contribution in [0.4, 0.5) is 8.78 Å². The van der Waals surface area contributed by atoms with Crippen LogP contribution in [0.25, 0.3) is 0 Å². The van der Waals surface area contributed by atoms with E-state index in [1.807, 2.05) is 0 Å². The first-order valence-electron chi connectivity index (χ1n) is 9.70. The lowest BCUT2D eigenvalue weighted by molar-refractivity contribution is 0.0672. The monoisotopic (exact) mass is 435 g/mol. The van der Waals surface area contributed by atoms with Gasteiger partial charge in [-0.15, -0.1) is 0 Å². The molecule has 166 valence electrons. The number of halogens is 2. The summed E-state index contributed by atoms with van der Waals surface area (Å²) in [6, 6.07) is 3.04. The number of Topliss-reactive ketones (excluding diaryl/α,β-unsaturated/α-hetero) is 1. The predicted molar refractivity (Wildman–Crippen MR) is 108 cm³/mol. The van der Waals surface area contributed by atoms with Gasteiger partial charge in [0, 0.05) is 46.0 Å². The smallest absolute Gasteiger partial charge is 0.277 e. The highest BCUT2D eigenvalue weighted by molar-refractivity contribution is 6.00. The number of fused-ring (bicyclic) bond motifs is 1. The van der Waals surface area contributed by atoms with E-state index in [1.165, 1.54) is 21.8 Å². The minimum atomic E-state index is -0.962. The number of pyridine rings is 1. The van der Waals surface area contributed by atoms with Gasteiger partial charge in [0.15, 0.2) is 17.2 Å². The molecule has 31 heavy (non-hydrogen) atoms. The van der Waals surface area contributed by atoms with E-state index in [0.29, 0.717) is 19.6 Å². The molecule has 0 radical (unpaired) electrons. The van der Waals surface area contributed by atoms with Gasteiger partial charge in [-0.05, 0) is 24.5 Å². The Morgan fingerprint density at radius 1 is 1.26 bits per heavy atom. The lowest BCUT2D eigenvalue weighted by Gasteiger charge is -2.37. The number of benzene rings is 1. The number of ketones is 1. The van der Waals surface area contributed by atoms with Crippen LogP contribution in [0.1, 0.15) is 39.3 Å². The molecule has 2 aromatic rings. The van der Waals surface area contributed by atoms with Crippen molar-refractivity contribution in [2.75, 3.05) is 39.0 Å². The molecule has 0 atom stereocenters. The number of carbonyl (C=O) groups is 2. The van der Waals surface area contributed by atoms with Gasteiger partial charge in [0.2, 0.25) is 5.43 Å². The standard InChI is InChI=1S/C21H23F2N3O5/c1-24-12-25(8-3-9-31-2)21(30)18-20(29)19(28)15(11-26(18)24)17(27)7-5-13-4-6-14(22)10-16(13)23/h4,6,10-11,29H,3,5,7-9,12H2,1-2H3. The Balaban J connectivity index is 1.85. The average molecular weight is 435 g/mol. The third-order valence-electron chi connectivity index (χ3n) is 5.11. The van der Waals surface area contributed by atoms with Crippen molar-refractivity contribution in [3.63, 3.8) is 0 Å². The van der Waals surface area contributed by atoms with Crippen LogP contribution in [-0.2, 0) is 11.2 Å². The van der Waals surface area contributed by atoms with Crippen LogP contribution >= 0.6 is 0 Å². The van der Waals surface area contributed by atoms with Gasteiger partial charge < -0.3 is 14.7 Å². The maximum Gasteiger partial charge on any atom is 0.277 e. The van der Waals surface area contributed by atoms with Crippen LogP contribution < -0.4 is 10.4 Å². The molecule has 1 aliphatic heterocycles. The van der Waals surface area contributed by atoms with Gasteiger partial charge in [-0.1, -0.05) is 6.07 Å². The number of aromatic nitrogens is 1. The number of amides is 1. The third kappa shape index (κ3) is 4.58. The van der Waals surface area contributed by atoms with E-state index >= 15 is 0 Å². The molecule has 0 spiro atoms. The zero-order valence-corrected chi connectivity index (χ0v) is 17.2. The molecule has 0 bridgehead atoms. The Hall–Kier alpha value is -3.27. The quantitative estimate of drug-likeness (QED) is 0.501. The first-order valence-corrected chi connectivity index (χ1v) is 9.70. The van der Waals surface area contributed by atoms with E-state index in [9.17, 15) is 28.3 Å². The summed E-state index contributed by atoms with van der Waals surface area (Å²) in [5.74, 6) is -3.47. The second-order valence-electron chi connectivity index (χ2n) is 7.29. The molecule has 0 saturated carbocycles. The Labute approximate surface area is 177 Å². The molecular weight excluding hydrogens is 412 g/mol. The second kappa shape index (κ2) is 9.25. The van der Waals surface area contributed by atoms with Crippen molar-refractivity contribution in [3.05, 3.63) is 63.1 Å². The van der Waals surface area contributed by atoms with Crippen molar-refractivity contribution in [2.24, 2.45) is 0 Å². The molecule has 1 amide bonds. The van der Waals surface area contributed by atoms with Crippen LogP contribution in [0.5, 0.6) is 5.75 Å². The fraction of sp³-hybridized carbons (Fsp3) is 0.381. The largest absolute Gasteiger partial charge is 0.502 e. The fourth-order valence-electron chi connectivity index (χ4n) is 3.46. The van der Waals surface area contributed by atoms with Crippen LogP contribution in [0, 0.1) is 11.6 Å². The molecule has 2 heterocycles. The van der Waals surface area contributed by atoms with E-state index in [1.54, 1.807) is 19.2 Å². The molecule has 0 fully saturated rings. The van der Waals surface area contributed by atoms with Gasteiger partial charge >= 0.3 is 0 Å². The molecule has 1 aliphatic rings. The fourth-order valence-corrected chi connectivity index (χ4v) is 3.46. The number of nitrogens with zero attached hydrogens (tertiary/aromatic N) is 3. The Morgan fingerprint density at radius 3 is 2.68 bits per heavy atom. The normalized spacial score (nSPS) is 13.5. The molecule has 0 unspecified atom stereocenters. The van der Waals surface area contributed by atoms with Gasteiger partial charge in [-0.25, -0.2) is 8.78 Å². The number of carbonyl (C=O) groups excluding carboxylic acids is 2. The third-order valence-corrected chi connectivity index (χ3v) is 5.11. The lowest BCUT2D eigenvalue weighted by Crippen LogP contribution is -2.53. The molecule has 1 aromatic carbocycles.